The van der Waals surface area contributed by atoms with E-state index in [2.05, 4.69) is 15.2 Å². The van der Waals surface area contributed by atoms with Gasteiger partial charge in [-0.3, -0.25) is 14.9 Å². The maximum absolute atomic E-state index is 11.3. The van der Waals surface area contributed by atoms with Crippen LogP contribution in [0.1, 0.15) is 10.5 Å². The van der Waals surface area contributed by atoms with Crippen molar-refractivity contribution in [3.8, 4) is 16.9 Å². The first-order valence-electron chi connectivity index (χ1n) is 4.56. The first-order chi connectivity index (χ1) is 7.74. The van der Waals surface area contributed by atoms with E-state index in [1.165, 1.54) is 13.3 Å². The Hall–Kier alpha value is -2.37. The minimum absolute atomic E-state index is 0.167. The summed E-state index contributed by atoms with van der Waals surface area (Å²) in [5.41, 5.74) is 6.68. The number of aromatic nitrogens is 3. The van der Waals surface area contributed by atoms with Gasteiger partial charge in [0.15, 0.2) is 0 Å². The number of rotatable bonds is 3. The lowest BCUT2D eigenvalue weighted by atomic mass is 10.1. The van der Waals surface area contributed by atoms with Gasteiger partial charge in [-0.1, -0.05) is 0 Å². The largest absolute Gasteiger partial charge is 0.496 e. The van der Waals surface area contributed by atoms with Crippen molar-refractivity contribution in [2.75, 3.05) is 7.11 Å². The van der Waals surface area contributed by atoms with Crippen molar-refractivity contribution in [1.29, 1.82) is 0 Å². The molecule has 0 bridgehead atoms. The Morgan fingerprint density at radius 2 is 2.38 bits per heavy atom. The lowest BCUT2D eigenvalue weighted by Crippen LogP contribution is -2.14. The van der Waals surface area contributed by atoms with Crippen LogP contribution in [-0.2, 0) is 0 Å². The topological polar surface area (TPSA) is 93.9 Å². The third kappa shape index (κ3) is 1.60. The molecular formula is C10H10N4O2. The number of H-pyrrole nitrogens is 1. The second-order valence-electron chi connectivity index (χ2n) is 3.09. The van der Waals surface area contributed by atoms with Gasteiger partial charge in [0, 0.05) is 18.0 Å². The summed E-state index contributed by atoms with van der Waals surface area (Å²) in [6.45, 7) is 0. The molecule has 3 N–H and O–H groups in total. The van der Waals surface area contributed by atoms with Crippen molar-refractivity contribution in [2.24, 2.45) is 5.73 Å². The Bertz CT molecular complexity index is 508. The zero-order chi connectivity index (χ0) is 11.5. The smallest absolute Gasteiger partial charge is 0.268 e. The van der Waals surface area contributed by atoms with Crippen molar-refractivity contribution in [1.82, 2.24) is 15.2 Å². The summed E-state index contributed by atoms with van der Waals surface area (Å²) in [5.74, 6) is -0.0692. The van der Waals surface area contributed by atoms with E-state index in [1.54, 1.807) is 18.5 Å². The Morgan fingerprint density at radius 1 is 1.56 bits per heavy atom. The molecule has 6 heteroatoms. The van der Waals surface area contributed by atoms with Crippen molar-refractivity contribution in [2.45, 2.75) is 0 Å². The molecule has 2 aromatic heterocycles. The summed E-state index contributed by atoms with van der Waals surface area (Å²) in [7, 11) is 1.52. The number of nitrogens with zero attached hydrogens (tertiary/aromatic N) is 2. The molecule has 82 valence electrons. The lowest BCUT2D eigenvalue weighted by molar-refractivity contribution is 0.0996. The number of ether oxygens (including phenoxy) is 1. The highest BCUT2D eigenvalue weighted by Crippen LogP contribution is 2.31. The summed E-state index contributed by atoms with van der Waals surface area (Å²) in [5, 5.41) is 6.47. The SMILES string of the molecule is COc1ccnc(C(N)=O)c1-c1cn[nH]c1. The van der Waals surface area contributed by atoms with Gasteiger partial charge < -0.3 is 10.5 Å². The Labute approximate surface area is 91.5 Å². The number of hydrogen-bond acceptors (Lipinski definition) is 4. The summed E-state index contributed by atoms with van der Waals surface area (Å²) >= 11 is 0. The normalized spacial score (nSPS) is 10.1. The van der Waals surface area contributed by atoms with Crippen LogP contribution in [0.25, 0.3) is 11.1 Å². The number of nitrogens with two attached hydrogens (primary N) is 1. The molecule has 0 saturated heterocycles. The number of carbonyl (C=O) groups excluding carboxylic acids is 1. The maximum atomic E-state index is 11.3. The fourth-order valence-corrected chi connectivity index (χ4v) is 1.47. The molecule has 6 nitrogen and oxygen atoms in total. The van der Waals surface area contributed by atoms with Gasteiger partial charge in [-0.25, -0.2) is 0 Å². The second kappa shape index (κ2) is 4.01. The van der Waals surface area contributed by atoms with E-state index in [9.17, 15) is 4.79 Å². The van der Waals surface area contributed by atoms with Crippen LogP contribution in [0.5, 0.6) is 5.75 Å². The van der Waals surface area contributed by atoms with E-state index < -0.39 is 5.91 Å². The number of aromatic amines is 1. The van der Waals surface area contributed by atoms with Gasteiger partial charge in [0.2, 0.25) is 0 Å². The summed E-state index contributed by atoms with van der Waals surface area (Å²) in [6, 6.07) is 1.66. The number of nitrogens with one attached hydrogen (secondary N) is 1. The van der Waals surface area contributed by atoms with E-state index in [4.69, 9.17) is 10.5 Å². The van der Waals surface area contributed by atoms with Crippen LogP contribution in [0.2, 0.25) is 0 Å². The number of primary amides is 1. The second-order valence-corrected chi connectivity index (χ2v) is 3.09. The van der Waals surface area contributed by atoms with Crippen LogP contribution in [0.15, 0.2) is 24.7 Å². The fraction of sp³-hybridized carbons (Fsp3) is 0.100. The monoisotopic (exact) mass is 218 g/mol. The molecule has 16 heavy (non-hydrogen) atoms. The van der Waals surface area contributed by atoms with Crippen molar-refractivity contribution in [3.05, 3.63) is 30.4 Å². The van der Waals surface area contributed by atoms with Crippen molar-refractivity contribution in [3.63, 3.8) is 0 Å². The Kier molecular flexibility index (Phi) is 2.55. The van der Waals surface area contributed by atoms with E-state index in [0.717, 1.165) is 0 Å². The van der Waals surface area contributed by atoms with Gasteiger partial charge in [0.1, 0.15) is 11.4 Å². The molecule has 0 unspecified atom stereocenters. The highest BCUT2D eigenvalue weighted by molar-refractivity contribution is 5.99. The van der Waals surface area contributed by atoms with Gasteiger partial charge >= 0.3 is 0 Å². The molecule has 0 aromatic carbocycles. The van der Waals surface area contributed by atoms with Crippen molar-refractivity contribution >= 4 is 5.91 Å². The highest BCUT2D eigenvalue weighted by atomic mass is 16.5. The van der Waals surface area contributed by atoms with Gasteiger partial charge in [-0.2, -0.15) is 5.10 Å². The number of methoxy groups -OCH3 is 1. The lowest BCUT2D eigenvalue weighted by Gasteiger charge is -2.08. The molecule has 0 atom stereocenters. The van der Waals surface area contributed by atoms with Crippen LogP contribution in [0, 0.1) is 0 Å². The number of carbonyl (C=O) groups is 1. The maximum Gasteiger partial charge on any atom is 0.268 e. The minimum Gasteiger partial charge on any atom is -0.496 e. The minimum atomic E-state index is -0.602. The molecule has 2 rings (SSSR count). The highest BCUT2D eigenvalue weighted by Gasteiger charge is 2.17. The third-order valence-corrected chi connectivity index (χ3v) is 2.15. The van der Waals surface area contributed by atoms with Gasteiger partial charge in [-0.15, -0.1) is 0 Å². The van der Waals surface area contributed by atoms with Crippen LogP contribution >= 0.6 is 0 Å². The van der Waals surface area contributed by atoms with Gasteiger partial charge in [0.25, 0.3) is 5.91 Å². The molecule has 0 radical (unpaired) electrons. The van der Waals surface area contributed by atoms with Gasteiger partial charge in [-0.05, 0) is 6.07 Å². The summed E-state index contributed by atoms with van der Waals surface area (Å²) in [6.07, 6.45) is 4.69. The quantitative estimate of drug-likeness (QED) is 0.787. The zero-order valence-electron chi connectivity index (χ0n) is 8.60. The molecule has 2 heterocycles. The number of amides is 1. The average molecular weight is 218 g/mol. The van der Waals surface area contributed by atoms with E-state index in [0.29, 0.717) is 16.9 Å². The molecule has 0 aliphatic heterocycles. The first-order valence-corrected chi connectivity index (χ1v) is 4.56. The molecule has 1 amide bonds. The standard InChI is InChI=1S/C10H10N4O2/c1-16-7-2-3-12-9(10(11)15)8(7)6-4-13-14-5-6/h2-5H,1H3,(H2,11,15)(H,13,14). The van der Waals surface area contributed by atoms with Crippen LogP contribution < -0.4 is 10.5 Å². The fourth-order valence-electron chi connectivity index (χ4n) is 1.47. The number of hydrogen-bond donors (Lipinski definition) is 2. The number of pyridine rings is 1. The molecule has 0 aliphatic carbocycles. The first kappa shape index (κ1) is 10.2. The molecule has 0 fully saturated rings. The van der Waals surface area contributed by atoms with Crippen LogP contribution in [0.3, 0.4) is 0 Å². The molecular weight excluding hydrogens is 208 g/mol. The predicted molar refractivity (Wildman–Crippen MR) is 56.9 cm³/mol. The summed E-state index contributed by atoms with van der Waals surface area (Å²) < 4.78 is 5.17. The van der Waals surface area contributed by atoms with E-state index in [-0.39, 0.29) is 5.69 Å². The van der Waals surface area contributed by atoms with Crippen LogP contribution in [0.4, 0.5) is 0 Å². The molecule has 0 aliphatic rings. The van der Waals surface area contributed by atoms with Gasteiger partial charge in [0.05, 0.1) is 18.9 Å². The average Bonchev–Trinajstić information content (AvgIpc) is 2.81. The zero-order valence-corrected chi connectivity index (χ0v) is 8.60. The third-order valence-electron chi connectivity index (χ3n) is 2.15. The predicted octanol–water partition coefficient (Wildman–Crippen LogP) is 0.579. The van der Waals surface area contributed by atoms with Crippen molar-refractivity contribution < 1.29 is 9.53 Å². The van der Waals surface area contributed by atoms with Crippen LogP contribution in [-0.4, -0.2) is 28.2 Å². The Balaban J connectivity index is 2.68. The molecule has 0 spiro atoms. The Morgan fingerprint density at radius 3 is 2.94 bits per heavy atom. The van der Waals surface area contributed by atoms with E-state index >= 15 is 0 Å². The summed E-state index contributed by atoms with van der Waals surface area (Å²) in [4.78, 5) is 15.2. The molecule has 2 aromatic rings. The van der Waals surface area contributed by atoms with E-state index in [1.807, 2.05) is 0 Å². The molecule has 0 saturated carbocycles.